The normalized spacial score (nSPS) is 22.8. The highest BCUT2D eigenvalue weighted by molar-refractivity contribution is 5.75. The number of nitrogens with one attached hydrogen (secondary N) is 1. The predicted octanol–water partition coefficient (Wildman–Crippen LogP) is 7.13. The van der Waals surface area contributed by atoms with E-state index in [9.17, 15) is 23.1 Å². The molecule has 5 rings (SSSR count). The average molecular weight is 527 g/mol. The Labute approximate surface area is 220 Å². The smallest absolute Gasteiger partial charge is 0.418 e. The summed E-state index contributed by atoms with van der Waals surface area (Å²) in [5.74, 6) is -1.72. The summed E-state index contributed by atoms with van der Waals surface area (Å²) >= 11 is 0. The summed E-state index contributed by atoms with van der Waals surface area (Å²) < 4.78 is 49.5. The van der Waals surface area contributed by atoms with Crippen LogP contribution in [0.3, 0.4) is 0 Å². The third-order valence-corrected chi connectivity index (χ3v) is 7.39. The SMILES string of the molecule is CC(C)(C)c1c(C2OC2Nc2cc([C@H]3C[C@H]3C(=O)O)ccc2C(F)(F)F)ccn1CCCc1ccccc1. The van der Waals surface area contributed by atoms with E-state index in [0.717, 1.165) is 36.7 Å². The van der Waals surface area contributed by atoms with Gasteiger partial charge in [0.25, 0.3) is 0 Å². The molecular weight excluding hydrogens is 493 g/mol. The number of rotatable bonds is 9. The molecule has 2 aromatic carbocycles. The lowest BCUT2D eigenvalue weighted by atomic mass is 9.88. The number of halogens is 3. The van der Waals surface area contributed by atoms with Gasteiger partial charge in [-0.3, -0.25) is 4.79 Å². The summed E-state index contributed by atoms with van der Waals surface area (Å²) in [7, 11) is 0. The van der Waals surface area contributed by atoms with Crippen LogP contribution in [-0.4, -0.2) is 21.9 Å². The molecule has 2 fully saturated rings. The van der Waals surface area contributed by atoms with Crippen molar-refractivity contribution in [1.82, 2.24) is 4.57 Å². The van der Waals surface area contributed by atoms with Gasteiger partial charge in [0, 0.05) is 35.1 Å². The van der Waals surface area contributed by atoms with Gasteiger partial charge >= 0.3 is 12.1 Å². The number of nitrogens with zero attached hydrogens (tertiary/aromatic N) is 1. The number of aryl methyl sites for hydroxylation is 2. The van der Waals surface area contributed by atoms with E-state index in [0.29, 0.717) is 12.0 Å². The zero-order valence-electron chi connectivity index (χ0n) is 21.8. The summed E-state index contributed by atoms with van der Waals surface area (Å²) in [6, 6.07) is 16.2. The van der Waals surface area contributed by atoms with Crippen LogP contribution in [0.5, 0.6) is 0 Å². The molecule has 1 saturated carbocycles. The lowest BCUT2D eigenvalue weighted by Gasteiger charge is -2.24. The molecule has 0 bridgehead atoms. The molecule has 1 aliphatic carbocycles. The molecule has 5 nitrogen and oxygen atoms in total. The van der Waals surface area contributed by atoms with Crippen LogP contribution in [0.2, 0.25) is 0 Å². The molecular formula is C30H33F3N2O3. The lowest BCUT2D eigenvalue weighted by molar-refractivity contribution is -0.139. The number of ether oxygens (including phenoxy) is 1. The molecule has 1 aromatic heterocycles. The van der Waals surface area contributed by atoms with E-state index in [1.54, 1.807) is 0 Å². The molecule has 0 radical (unpaired) electrons. The second-order valence-corrected chi connectivity index (χ2v) is 11.4. The average Bonchev–Trinajstić information content (AvgIpc) is 3.75. The first-order valence-electron chi connectivity index (χ1n) is 13.0. The largest absolute Gasteiger partial charge is 0.481 e. The van der Waals surface area contributed by atoms with Crippen LogP contribution in [0.25, 0.3) is 0 Å². The van der Waals surface area contributed by atoms with Crippen molar-refractivity contribution in [2.75, 3.05) is 5.32 Å². The number of anilines is 1. The zero-order chi connectivity index (χ0) is 27.2. The number of aromatic nitrogens is 1. The maximum Gasteiger partial charge on any atom is 0.418 e. The Kier molecular flexibility index (Phi) is 6.80. The first-order chi connectivity index (χ1) is 17.9. The van der Waals surface area contributed by atoms with Crippen LogP contribution in [0.15, 0.2) is 60.8 Å². The molecule has 8 heteroatoms. The Bertz CT molecular complexity index is 1310. The third-order valence-electron chi connectivity index (χ3n) is 7.39. The van der Waals surface area contributed by atoms with Gasteiger partial charge in [-0.2, -0.15) is 13.2 Å². The Morgan fingerprint density at radius 2 is 1.84 bits per heavy atom. The van der Waals surface area contributed by atoms with Crippen molar-refractivity contribution in [3.8, 4) is 0 Å². The van der Waals surface area contributed by atoms with Crippen molar-refractivity contribution in [2.24, 2.45) is 5.92 Å². The first-order valence-corrected chi connectivity index (χ1v) is 13.0. The van der Waals surface area contributed by atoms with Gasteiger partial charge in [0.1, 0.15) is 6.10 Å². The second kappa shape index (κ2) is 9.80. The van der Waals surface area contributed by atoms with E-state index < -0.39 is 29.9 Å². The third kappa shape index (κ3) is 5.60. The number of aliphatic carboxylic acids is 1. The number of carboxylic acids is 1. The molecule has 1 aliphatic heterocycles. The fourth-order valence-corrected chi connectivity index (χ4v) is 5.47. The fraction of sp³-hybridized carbons (Fsp3) is 0.433. The van der Waals surface area contributed by atoms with E-state index in [4.69, 9.17) is 4.74 Å². The van der Waals surface area contributed by atoms with Gasteiger partial charge in [0.15, 0.2) is 6.23 Å². The molecule has 2 heterocycles. The van der Waals surface area contributed by atoms with Crippen molar-refractivity contribution >= 4 is 11.7 Å². The molecule has 2 aliphatic rings. The number of epoxide rings is 1. The molecule has 38 heavy (non-hydrogen) atoms. The van der Waals surface area contributed by atoms with Gasteiger partial charge in [-0.25, -0.2) is 0 Å². The van der Waals surface area contributed by atoms with Gasteiger partial charge in [0.05, 0.1) is 11.5 Å². The molecule has 4 atom stereocenters. The van der Waals surface area contributed by atoms with Gasteiger partial charge in [-0.15, -0.1) is 0 Å². The van der Waals surface area contributed by atoms with Crippen LogP contribution in [-0.2, 0) is 34.1 Å². The van der Waals surface area contributed by atoms with Crippen LogP contribution in [0.4, 0.5) is 18.9 Å². The number of carbonyl (C=O) groups is 1. The van der Waals surface area contributed by atoms with Gasteiger partial charge < -0.3 is 19.7 Å². The van der Waals surface area contributed by atoms with Crippen molar-refractivity contribution in [2.45, 2.75) is 76.4 Å². The number of alkyl halides is 3. The molecule has 202 valence electrons. The van der Waals surface area contributed by atoms with Gasteiger partial charge in [0.2, 0.25) is 0 Å². The standard InChI is InChI=1S/C30H33F3N2O3/c1-29(2,3)26-20(13-15-35(26)14-7-10-18-8-5-4-6-9-18)25-27(38-25)34-24-16-19(21-17-22(21)28(36)37)11-12-23(24)30(31,32)33/h4-6,8-9,11-13,15-16,21-22,25,27,34H,7,10,14,17H2,1-3H3,(H,36,37)/t21-,22-,25?,27?/m1/s1. The Morgan fingerprint density at radius 1 is 1.11 bits per heavy atom. The highest BCUT2D eigenvalue weighted by Crippen LogP contribution is 2.50. The monoisotopic (exact) mass is 526 g/mol. The molecule has 2 N–H and O–H groups in total. The quantitative estimate of drug-likeness (QED) is 0.291. The van der Waals surface area contributed by atoms with Crippen molar-refractivity contribution in [3.05, 3.63) is 88.7 Å². The van der Waals surface area contributed by atoms with Gasteiger partial charge in [-0.1, -0.05) is 57.2 Å². The summed E-state index contributed by atoms with van der Waals surface area (Å²) in [6.45, 7) is 7.22. The van der Waals surface area contributed by atoms with Crippen LogP contribution in [0, 0.1) is 5.92 Å². The molecule has 3 aromatic rings. The Morgan fingerprint density at radius 3 is 2.47 bits per heavy atom. The van der Waals surface area contributed by atoms with Crippen molar-refractivity contribution < 1.29 is 27.8 Å². The van der Waals surface area contributed by atoms with Crippen LogP contribution in [0.1, 0.15) is 73.6 Å². The van der Waals surface area contributed by atoms with Crippen LogP contribution >= 0.6 is 0 Å². The topological polar surface area (TPSA) is 66.8 Å². The second-order valence-electron chi connectivity index (χ2n) is 11.4. The summed E-state index contributed by atoms with van der Waals surface area (Å²) in [5.41, 5.74) is 2.95. The molecule has 0 spiro atoms. The molecule has 0 amide bonds. The number of carboxylic acid groups (broad SMARTS) is 1. The summed E-state index contributed by atoms with van der Waals surface area (Å²) in [4.78, 5) is 11.3. The van der Waals surface area contributed by atoms with E-state index in [1.807, 2.05) is 30.5 Å². The fourth-order valence-electron chi connectivity index (χ4n) is 5.47. The minimum Gasteiger partial charge on any atom is -0.481 e. The lowest BCUT2D eigenvalue weighted by Crippen LogP contribution is -2.20. The van der Waals surface area contributed by atoms with Crippen LogP contribution < -0.4 is 5.32 Å². The van der Waals surface area contributed by atoms with E-state index in [-0.39, 0.29) is 23.1 Å². The minimum absolute atomic E-state index is 0.0712. The summed E-state index contributed by atoms with van der Waals surface area (Å²) in [5, 5.41) is 12.2. The predicted molar refractivity (Wildman–Crippen MR) is 139 cm³/mol. The zero-order valence-corrected chi connectivity index (χ0v) is 21.8. The first kappa shape index (κ1) is 26.4. The minimum atomic E-state index is -4.54. The van der Waals surface area contributed by atoms with Gasteiger partial charge in [-0.05, 0) is 54.5 Å². The molecule has 1 saturated heterocycles. The highest BCUT2D eigenvalue weighted by atomic mass is 19.4. The molecule has 2 unspecified atom stereocenters. The van der Waals surface area contributed by atoms with Crippen molar-refractivity contribution in [1.29, 1.82) is 0 Å². The maximum absolute atomic E-state index is 13.8. The summed E-state index contributed by atoms with van der Waals surface area (Å²) in [6.07, 6.45) is -1.09. The number of hydrogen-bond donors (Lipinski definition) is 2. The Hall–Kier alpha value is -3.26. The Balaban J connectivity index is 1.33. The number of benzene rings is 2. The van der Waals surface area contributed by atoms with E-state index >= 15 is 0 Å². The van der Waals surface area contributed by atoms with E-state index in [1.165, 1.54) is 17.7 Å². The highest BCUT2D eigenvalue weighted by Gasteiger charge is 2.47. The van der Waals surface area contributed by atoms with E-state index in [2.05, 4.69) is 42.8 Å². The number of hydrogen-bond acceptors (Lipinski definition) is 3. The maximum atomic E-state index is 13.8. The van der Waals surface area contributed by atoms with Crippen molar-refractivity contribution in [3.63, 3.8) is 0 Å².